The Labute approximate surface area is 163 Å². The van der Waals surface area contributed by atoms with Gasteiger partial charge in [-0.25, -0.2) is 8.78 Å². The molecular formula is C21H25F2N5. The van der Waals surface area contributed by atoms with Crippen molar-refractivity contribution < 1.29 is 8.78 Å². The molecular weight excluding hydrogens is 360 g/mol. The normalized spacial score (nSPS) is 16.8. The van der Waals surface area contributed by atoms with Crippen LogP contribution in [0.2, 0.25) is 0 Å². The van der Waals surface area contributed by atoms with Gasteiger partial charge in [0.15, 0.2) is 11.5 Å². The topological polar surface area (TPSA) is 46.3 Å². The number of halogens is 2. The summed E-state index contributed by atoms with van der Waals surface area (Å²) >= 11 is 0. The average Bonchev–Trinajstić information content (AvgIpc) is 3.08. The van der Waals surface area contributed by atoms with Gasteiger partial charge in [-0.2, -0.15) is 9.61 Å². The molecule has 0 bridgehead atoms. The molecule has 1 aliphatic heterocycles. The molecule has 148 valence electrons. The van der Waals surface area contributed by atoms with E-state index in [9.17, 15) is 8.78 Å². The largest absolute Gasteiger partial charge is 0.299 e. The molecule has 0 spiro atoms. The molecule has 0 amide bonds. The summed E-state index contributed by atoms with van der Waals surface area (Å²) in [5.41, 5.74) is 2.11. The van der Waals surface area contributed by atoms with Crippen LogP contribution in [-0.4, -0.2) is 37.8 Å². The molecule has 3 heterocycles. The number of fused-ring (bicyclic) bond motifs is 1. The van der Waals surface area contributed by atoms with Crippen LogP contribution in [0.25, 0.3) is 5.65 Å². The minimum Gasteiger partial charge on any atom is -0.299 e. The highest BCUT2D eigenvalue weighted by molar-refractivity contribution is 5.38. The molecule has 1 aromatic carbocycles. The second kappa shape index (κ2) is 7.20. The quantitative estimate of drug-likeness (QED) is 0.682. The van der Waals surface area contributed by atoms with E-state index in [4.69, 9.17) is 5.10 Å². The van der Waals surface area contributed by atoms with Gasteiger partial charge in [0, 0.05) is 23.4 Å². The van der Waals surface area contributed by atoms with Crippen LogP contribution >= 0.6 is 0 Å². The Balaban J connectivity index is 1.48. The summed E-state index contributed by atoms with van der Waals surface area (Å²) in [5.74, 6) is 0.386. The summed E-state index contributed by atoms with van der Waals surface area (Å²) in [6, 6.07) is 7.60. The van der Waals surface area contributed by atoms with Gasteiger partial charge in [-0.15, -0.1) is 10.2 Å². The van der Waals surface area contributed by atoms with Gasteiger partial charge in [0.05, 0.1) is 5.69 Å². The Kier molecular flexibility index (Phi) is 4.87. The third-order valence-corrected chi connectivity index (χ3v) is 5.41. The molecule has 0 radical (unpaired) electrons. The minimum atomic E-state index is -0.401. The van der Waals surface area contributed by atoms with E-state index in [1.54, 1.807) is 0 Å². The number of piperidine rings is 1. The summed E-state index contributed by atoms with van der Waals surface area (Å²) in [5, 5.41) is 13.4. The number of hydrogen-bond acceptors (Lipinski definition) is 4. The van der Waals surface area contributed by atoms with Crippen molar-refractivity contribution in [3.63, 3.8) is 0 Å². The van der Waals surface area contributed by atoms with Gasteiger partial charge in [-0.3, -0.25) is 4.90 Å². The fraction of sp³-hybridized carbons (Fsp3) is 0.476. The third kappa shape index (κ3) is 3.76. The predicted octanol–water partition coefficient (Wildman–Crippen LogP) is 4.08. The van der Waals surface area contributed by atoms with Crippen LogP contribution in [0.1, 0.15) is 56.6 Å². The van der Waals surface area contributed by atoms with Crippen molar-refractivity contribution in [3.05, 3.63) is 59.0 Å². The molecule has 1 aliphatic rings. The predicted molar refractivity (Wildman–Crippen MR) is 103 cm³/mol. The van der Waals surface area contributed by atoms with Gasteiger partial charge in [-0.1, -0.05) is 20.8 Å². The molecule has 0 atom stereocenters. The molecule has 1 fully saturated rings. The van der Waals surface area contributed by atoms with Crippen molar-refractivity contribution in [2.75, 3.05) is 13.1 Å². The Morgan fingerprint density at radius 3 is 2.50 bits per heavy atom. The maximum absolute atomic E-state index is 13.9. The summed E-state index contributed by atoms with van der Waals surface area (Å²) in [7, 11) is 0. The SMILES string of the molecule is CC(C)(C)c1ccc2nnc(C3CCN(Cc4cc(F)ccc4F)CC3)n2n1. The smallest absolute Gasteiger partial charge is 0.177 e. The van der Waals surface area contributed by atoms with E-state index in [-0.39, 0.29) is 17.2 Å². The highest BCUT2D eigenvalue weighted by Gasteiger charge is 2.26. The number of aromatic nitrogens is 4. The number of rotatable bonds is 3. The zero-order chi connectivity index (χ0) is 19.9. The van der Waals surface area contributed by atoms with Crippen LogP contribution in [-0.2, 0) is 12.0 Å². The van der Waals surface area contributed by atoms with Gasteiger partial charge >= 0.3 is 0 Å². The maximum Gasteiger partial charge on any atom is 0.177 e. The fourth-order valence-electron chi connectivity index (χ4n) is 3.71. The third-order valence-electron chi connectivity index (χ3n) is 5.41. The van der Waals surface area contributed by atoms with E-state index < -0.39 is 5.82 Å². The molecule has 7 heteroatoms. The van der Waals surface area contributed by atoms with Crippen LogP contribution in [0.4, 0.5) is 8.78 Å². The van der Waals surface area contributed by atoms with E-state index in [1.165, 1.54) is 12.1 Å². The lowest BCUT2D eigenvalue weighted by atomic mass is 9.92. The highest BCUT2D eigenvalue weighted by Crippen LogP contribution is 2.29. The molecule has 0 saturated carbocycles. The molecule has 4 rings (SSSR count). The van der Waals surface area contributed by atoms with Crippen molar-refractivity contribution in [1.29, 1.82) is 0 Å². The van der Waals surface area contributed by atoms with Crippen LogP contribution in [0.5, 0.6) is 0 Å². The van der Waals surface area contributed by atoms with Crippen LogP contribution < -0.4 is 0 Å². The van der Waals surface area contributed by atoms with E-state index in [2.05, 4.69) is 35.9 Å². The lowest BCUT2D eigenvalue weighted by Gasteiger charge is -2.31. The van der Waals surface area contributed by atoms with Crippen LogP contribution in [0.15, 0.2) is 30.3 Å². The van der Waals surface area contributed by atoms with Gasteiger partial charge in [0.1, 0.15) is 11.6 Å². The van der Waals surface area contributed by atoms with Gasteiger partial charge in [0.25, 0.3) is 0 Å². The first-order chi connectivity index (χ1) is 13.3. The summed E-state index contributed by atoms with van der Waals surface area (Å²) in [6.07, 6.45) is 1.78. The zero-order valence-electron chi connectivity index (χ0n) is 16.5. The lowest BCUT2D eigenvalue weighted by Crippen LogP contribution is -2.33. The van der Waals surface area contributed by atoms with Crippen molar-refractivity contribution in [1.82, 2.24) is 24.7 Å². The lowest BCUT2D eigenvalue weighted by molar-refractivity contribution is 0.198. The van der Waals surface area contributed by atoms with Gasteiger partial charge < -0.3 is 0 Å². The molecule has 0 N–H and O–H groups in total. The molecule has 0 aliphatic carbocycles. The molecule has 1 saturated heterocycles. The van der Waals surface area contributed by atoms with Crippen LogP contribution in [0, 0.1) is 11.6 Å². The molecule has 5 nitrogen and oxygen atoms in total. The second-order valence-electron chi connectivity index (χ2n) is 8.58. The summed E-state index contributed by atoms with van der Waals surface area (Å²) in [6.45, 7) is 8.42. The maximum atomic E-state index is 13.9. The molecule has 28 heavy (non-hydrogen) atoms. The first kappa shape index (κ1) is 18.9. The van der Waals surface area contributed by atoms with E-state index >= 15 is 0 Å². The molecule has 3 aromatic rings. The number of likely N-dealkylation sites (tertiary alicyclic amines) is 1. The summed E-state index contributed by atoms with van der Waals surface area (Å²) in [4.78, 5) is 2.16. The van der Waals surface area contributed by atoms with Crippen molar-refractivity contribution in [3.8, 4) is 0 Å². The van der Waals surface area contributed by atoms with Crippen molar-refractivity contribution >= 4 is 5.65 Å². The Morgan fingerprint density at radius 1 is 1.04 bits per heavy atom. The number of benzene rings is 1. The average molecular weight is 385 g/mol. The van der Waals surface area contributed by atoms with E-state index in [1.807, 2.05) is 16.6 Å². The minimum absolute atomic E-state index is 0.0475. The molecule has 2 aromatic heterocycles. The number of hydrogen-bond donors (Lipinski definition) is 0. The van der Waals surface area contributed by atoms with E-state index in [0.717, 1.165) is 49.2 Å². The van der Waals surface area contributed by atoms with Gasteiger partial charge in [0.2, 0.25) is 0 Å². The van der Waals surface area contributed by atoms with Crippen LogP contribution in [0.3, 0.4) is 0 Å². The first-order valence-electron chi connectivity index (χ1n) is 9.70. The Bertz CT molecular complexity index is 984. The zero-order valence-corrected chi connectivity index (χ0v) is 16.5. The molecule has 0 unspecified atom stereocenters. The first-order valence-corrected chi connectivity index (χ1v) is 9.70. The number of nitrogens with zero attached hydrogens (tertiary/aromatic N) is 5. The monoisotopic (exact) mass is 385 g/mol. The van der Waals surface area contributed by atoms with Gasteiger partial charge in [-0.05, 0) is 56.3 Å². The standard InChI is InChI=1S/C21H25F2N5/c1-21(2,3)18-6-7-19-24-25-20(28(19)26-18)14-8-10-27(11-9-14)13-15-12-16(22)4-5-17(15)23/h4-7,12,14H,8-11,13H2,1-3H3. The second-order valence-corrected chi connectivity index (χ2v) is 8.58. The fourth-order valence-corrected chi connectivity index (χ4v) is 3.71. The Hall–Kier alpha value is -2.41. The van der Waals surface area contributed by atoms with Crippen molar-refractivity contribution in [2.24, 2.45) is 0 Å². The highest BCUT2D eigenvalue weighted by atomic mass is 19.1. The van der Waals surface area contributed by atoms with Crippen molar-refractivity contribution in [2.45, 2.75) is 51.5 Å². The van der Waals surface area contributed by atoms with E-state index in [0.29, 0.717) is 12.1 Å². The summed E-state index contributed by atoms with van der Waals surface area (Å²) < 4.78 is 29.2. The Morgan fingerprint density at radius 2 is 1.79 bits per heavy atom.